The molecule has 2 aromatic carbocycles. The third-order valence-corrected chi connectivity index (χ3v) is 4.21. The highest BCUT2D eigenvalue weighted by Crippen LogP contribution is 2.28. The molecule has 0 aliphatic rings. The second kappa shape index (κ2) is 9.58. The van der Waals surface area contributed by atoms with Crippen LogP contribution in [0.25, 0.3) is 0 Å². The van der Waals surface area contributed by atoms with E-state index in [9.17, 15) is 9.59 Å². The fourth-order valence-electron chi connectivity index (χ4n) is 2.03. The molecule has 0 bridgehead atoms. The highest BCUT2D eigenvalue weighted by Gasteiger charge is 2.11. The first-order valence-corrected chi connectivity index (χ1v) is 8.64. The number of nitrogens with one attached hydrogen (secondary N) is 1. The van der Waals surface area contributed by atoms with E-state index in [1.165, 1.54) is 7.11 Å². The molecule has 0 aliphatic carbocycles. The minimum atomic E-state index is -0.584. The fourth-order valence-corrected chi connectivity index (χ4v) is 2.82. The van der Waals surface area contributed by atoms with Crippen LogP contribution in [0, 0.1) is 0 Å². The molecule has 0 aliphatic heterocycles. The Morgan fingerprint density at radius 2 is 1.88 bits per heavy atom. The number of benzene rings is 2. The summed E-state index contributed by atoms with van der Waals surface area (Å²) >= 11 is 1.67. The van der Waals surface area contributed by atoms with Crippen LogP contribution in [0.15, 0.2) is 53.4 Å². The number of thioether (sulfide) groups is 1. The van der Waals surface area contributed by atoms with E-state index >= 15 is 0 Å². The van der Waals surface area contributed by atoms with Crippen LogP contribution >= 0.6 is 11.8 Å². The Morgan fingerprint density at radius 1 is 1.12 bits per heavy atom. The van der Waals surface area contributed by atoms with Crippen molar-refractivity contribution in [2.75, 3.05) is 26.0 Å². The number of amides is 2. The molecule has 0 saturated carbocycles. The topological polar surface area (TPSA) is 90.7 Å². The number of hydrogen-bond acceptors (Lipinski definition) is 5. The van der Waals surface area contributed by atoms with Crippen LogP contribution in [0.4, 0.5) is 0 Å². The van der Waals surface area contributed by atoms with Crippen LogP contribution < -0.4 is 20.5 Å². The van der Waals surface area contributed by atoms with Gasteiger partial charge in [-0.05, 0) is 30.3 Å². The van der Waals surface area contributed by atoms with Gasteiger partial charge in [0, 0.05) is 22.8 Å². The summed E-state index contributed by atoms with van der Waals surface area (Å²) in [6.45, 7) is 0.291. The molecule has 7 heteroatoms. The van der Waals surface area contributed by atoms with Gasteiger partial charge in [0.2, 0.25) is 0 Å². The van der Waals surface area contributed by atoms with Gasteiger partial charge < -0.3 is 20.5 Å². The molecule has 132 valence electrons. The van der Waals surface area contributed by atoms with E-state index in [2.05, 4.69) is 5.32 Å². The van der Waals surface area contributed by atoms with E-state index in [-0.39, 0.29) is 12.5 Å². The van der Waals surface area contributed by atoms with Gasteiger partial charge in [0.1, 0.15) is 0 Å². The summed E-state index contributed by atoms with van der Waals surface area (Å²) in [5, 5.41) is 2.86. The summed E-state index contributed by atoms with van der Waals surface area (Å²) in [5.41, 5.74) is 5.50. The molecule has 0 aromatic heterocycles. The number of nitrogens with two attached hydrogens (primary N) is 1. The third kappa shape index (κ3) is 6.04. The summed E-state index contributed by atoms with van der Waals surface area (Å²) in [6, 6.07) is 14.7. The van der Waals surface area contributed by atoms with Gasteiger partial charge in [0.25, 0.3) is 11.8 Å². The molecular weight excluding hydrogens is 340 g/mol. The van der Waals surface area contributed by atoms with Crippen molar-refractivity contribution < 1.29 is 19.1 Å². The lowest BCUT2D eigenvalue weighted by Crippen LogP contribution is -2.25. The molecule has 0 heterocycles. The Balaban J connectivity index is 1.87. The smallest absolute Gasteiger partial charge is 0.255 e. The third-order valence-electron chi connectivity index (χ3n) is 3.20. The second-order valence-corrected chi connectivity index (χ2v) is 6.21. The SMILES string of the molecule is COc1cc(C(=O)NCCSc2ccccc2)ccc1OCC(N)=O. The molecule has 6 nitrogen and oxygen atoms in total. The van der Waals surface area contributed by atoms with E-state index < -0.39 is 5.91 Å². The van der Waals surface area contributed by atoms with E-state index in [0.717, 1.165) is 10.6 Å². The number of carbonyl (C=O) groups excluding carboxylic acids is 2. The summed E-state index contributed by atoms with van der Waals surface area (Å²) < 4.78 is 10.4. The molecule has 0 atom stereocenters. The largest absolute Gasteiger partial charge is 0.493 e. The van der Waals surface area contributed by atoms with Crippen molar-refractivity contribution in [1.29, 1.82) is 0 Å². The van der Waals surface area contributed by atoms with Crippen molar-refractivity contribution in [1.82, 2.24) is 5.32 Å². The number of methoxy groups -OCH3 is 1. The number of primary amides is 1. The van der Waals surface area contributed by atoms with Gasteiger partial charge in [-0.15, -0.1) is 11.8 Å². The number of ether oxygens (including phenoxy) is 2. The fraction of sp³-hybridized carbons (Fsp3) is 0.222. The highest BCUT2D eigenvalue weighted by molar-refractivity contribution is 7.99. The molecule has 0 unspecified atom stereocenters. The van der Waals surface area contributed by atoms with Crippen LogP contribution in [0.5, 0.6) is 11.5 Å². The molecule has 3 N–H and O–H groups in total. The van der Waals surface area contributed by atoms with E-state index in [0.29, 0.717) is 23.6 Å². The van der Waals surface area contributed by atoms with Gasteiger partial charge in [-0.3, -0.25) is 9.59 Å². The average Bonchev–Trinajstić information content (AvgIpc) is 2.64. The predicted octanol–water partition coefficient (Wildman–Crippen LogP) is 2.08. The summed E-state index contributed by atoms with van der Waals surface area (Å²) in [7, 11) is 1.46. The van der Waals surface area contributed by atoms with Crippen LogP contribution in [0.2, 0.25) is 0 Å². The maximum atomic E-state index is 12.2. The first kappa shape index (κ1) is 18.7. The van der Waals surface area contributed by atoms with E-state index in [1.54, 1.807) is 30.0 Å². The van der Waals surface area contributed by atoms with Gasteiger partial charge in [-0.25, -0.2) is 0 Å². The maximum absolute atomic E-state index is 12.2. The second-order valence-electron chi connectivity index (χ2n) is 5.04. The Kier molecular flexibility index (Phi) is 7.16. The highest BCUT2D eigenvalue weighted by atomic mass is 32.2. The Morgan fingerprint density at radius 3 is 2.56 bits per heavy atom. The van der Waals surface area contributed by atoms with Crippen molar-refractivity contribution in [2.24, 2.45) is 5.73 Å². The van der Waals surface area contributed by atoms with Crippen LogP contribution in [0.3, 0.4) is 0 Å². The molecule has 0 saturated heterocycles. The molecule has 0 spiro atoms. The molecule has 0 fully saturated rings. The van der Waals surface area contributed by atoms with Crippen molar-refractivity contribution in [3.8, 4) is 11.5 Å². The molecule has 2 rings (SSSR count). The zero-order chi connectivity index (χ0) is 18.1. The molecule has 2 aromatic rings. The molecular formula is C18H20N2O4S. The zero-order valence-electron chi connectivity index (χ0n) is 13.9. The summed E-state index contributed by atoms with van der Waals surface area (Å²) in [4.78, 5) is 24.2. The Hall–Kier alpha value is -2.67. The normalized spacial score (nSPS) is 10.1. The zero-order valence-corrected chi connectivity index (χ0v) is 14.7. The Labute approximate surface area is 150 Å². The average molecular weight is 360 g/mol. The predicted molar refractivity (Wildman–Crippen MR) is 97.2 cm³/mol. The van der Waals surface area contributed by atoms with Crippen LogP contribution in [-0.2, 0) is 4.79 Å². The van der Waals surface area contributed by atoms with Crippen LogP contribution in [0.1, 0.15) is 10.4 Å². The summed E-state index contributed by atoms with van der Waals surface area (Å²) in [6.07, 6.45) is 0. The minimum Gasteiger partial charge on any atom is -0.493 e. The van der Waals surface area contributed by atoms with Gasteiger partial charge in [-0.1, -0.05) is 18.2 Å². The lowest BCUT2D eigenvalue weighted by molar-refractivity contribution is -0.119. The molecule has 2 amide bonds. The first-order chi connectivity index (χ1) is 12.1. The van der Waals surface area contributed by atoms with Gasteiger partial charge in [0.15, 0.2) is 18.1 Å². The lowest BCUT2D eigenvalue weighted by Gasteiger charge is -2.11. The summed E-state index contributed by atoms with van der Waals surface area (Å²) in [5.74, 6) is 0.713. The van der Waals surface area contributed by atoms with E-state index in [4.69, 9.17) is 15.2 Å². The number of rotatable bonds is 9. The van der Waals surface area contributed by atoms with Gasteiger partial charge in [-0.2, -0.15) is 0 Å². The lowest BCUT2D eigenvalue weighted by atomic mass is 10.2. The van der Waals surface area contributed by atoms with Gasteiger partial charge in [0.05, 0.1) is 7.11 Å². The van der Waals surface area contributed by atoms with Crippen molar-refractivity contribution in [3.05, 3.63) is 54.1 Å². The first-order valence-electron chi connectivity index (χ1n) is 7.65. The standard InChI is InChI=1S/C18H20N2O4S/c1-23-16-11-13(7-8-15(16)24-12-17(19)21)18(22)20-9-10-25-14-5-3-2-4-6-14/h2-8,11H,9-10,12H2,1H3,(H2,19,21)(H,20,22). The monoisotopic (exact) mass is 360 g/mol. The van der Waals surface area contributed by atoms with Crippen LogP contribution in [-0.4, -0.2) is 37.8 Å². The van der Waals surface area contributed by atoms with Crippen molar-refractivity contribution >= 4 is 23.6 Å². The quantitative estimate of drug-likeness (QED) is 0.528. The maximum Gasteiger partial charge on any atom is 0.255 e. The van der Waals surface area contributed by atoms with Gasteiger partial charge >= 0.3 is 0 Å². The molecule has 0 radical (unpaired) electrons. The van der Waals surface area contributed by atoms with E-state index in [1.807, 2.05) is 30.3 Å². The number of carbonyl (C=O) groups is 2. The molecule has 25 heavy (non-hydrogen) atoms. The minimum absolute atomic E-state index is 0.201. The Bertz CT molecular complexity index is 722. The number of hydrogen-bond donors (Lipinski definition) is 2. The van der Waals surface area contributed by atoms with Crippen molar-refractivity contribution in [3.63, 3.8) is 0 Å². The van der Waals surface area contributed by atoms with Crippen molar-refractivity contribution in [2.45, 2.75) is 4.90 Å².